The molecule has 2 aromatic carbocycles. The molecule has 7 heteroatoms. The van der Waals surface area contributed by atoms with E-state index in [0.717, 1.165) is 11.1 Å². The van der Waals surface area contributed by atoms with Crippen LogP contribution < -0.4 is 9.47 Å². The maximum absolute atomic E-state index is 9.95. The molecule has 1 saturated heterocycles. The van der Waals surface area contributed by atoms with Crippen LogP contribution in [0.5, 0.6) is 23.0 Å². The first-order valence-corrected chi connectivity index (χ1v) is 8.65. The number of hydrogen-bond donors (Lipinski definition) is 4. The van der Waals surface area contributed by atoms with E-state index in [4.69, 9.17) is 14.2 Å². The van der Waals surface area contributed by atoms with E-state index in [2.05, 4.69) is 0 Å². The summed E-state index contributed by atoms with van der Waals surface area (Å²) in [5.41, 5.74) is 1.46. The zero-order valence-corrected chi connectivity index (χ0v) is 15.2. The largest absolute Gasteiger partial charge is 0.504 e. The third kappa shape index (κ3) is 3.53. The van der Waals surface area contributed by atoms with Crippen LogP contribution in [0.1, 0.15) is 23.3 Å². The van der Waals surface area contributed by atoms with Crippen molar-refractivity contribution in [2.24, 2.45) is 11.8 Å². The summed E-state index contributed by atoms with van der Waals surface area (Å²) in [5, 5.41) is 39.5. The Bertz CT molecular complexity index is 726. The number of phenols is 2. The first-order valence-electron chi connectivity index (χ1n) is 8.65. The lowest BCUT2D eigenvalue weighted by Crippen LogP contribution is -2.23. The van der Waals surface area contributed by atoms with Crippen molar-refractivity contribution < 1.29 is 34.6 Å². The fourth-order valence-corrected chi connectivity index (χ4v) is 3.66. The number of aromatic hydroxyl groups is 2. The Hall–Kier alpha value is -2.48. The molecule has 2 aromatic rings. The van der Waals surface area contributed by atoms with E-state index in [1.807, 2.05) is 0 Å². The Morgan fingerprint density at radius 2 is 1.19 bits per heavy atom. The van der Waals surface area contributed by atoms with Gasteiger partial charge in [0.15, 0.2) is 23.0 Å². The van der Waals surface area contributed by atoms with Crippen LogP contribution in [0, 0.1) is 11.8 Å². The van der Waals surface area contributed by atoms with E-state index in [-0.39, 0.29) is 36.5 Å². The van der Waals surface area contributed by atoms with Gasteiger partial charge < -0.3 is 34.6 Å². The van der Waals surface area contributed by atoms with Gasteiger partial charge in [-0.3, -0.25) is 0 Å². The van der Waals surface area contributed by atoms with Crippen LogP contribution >= 0.6 is 0 Å². The van der Waals surface area contributed by atoms with Crippen molar-refractivity contribution in [3.63, 3.8) is 0 Å². The van der Waals surface area contributed by atoms with Gasteiger partial charge in [0, 0.05) is 25.0 Å². The minimum Gasteiger partial charge on any atom is -0.504 e. The van der Waals surface area contributed by atoms with E-state index in [0.29, 0.717) is 11.5 Å². The molecule has 0 unspecified atom stereocenters. The molecule has 0 radical (unpaired) electrons. The van der Waals surface area contributed by atoms with E-state index in [1.165, 1.54) is 26.4 Å². The van der Waals surface area contributed by atoms with Gasteiger partial charge in [-0.25, -0.2) is 0 Å². The molecule has 1 fully saturated rings. The van der Waals surface area contributed by atoms with Crippen molar-refractivity contribution in [3.8, 4) is 23.0 Å². The van der Waals surface area contributed by atoms with Crippen molar-refractivity contribution in [1.29, 1.82) is 0 Å². The van der Waals surface area contributed by atoms with Crippen LogP contribution in [0.25, 0.3) is 0 Å². The molecule has 4 N–H and O–H groups in total. The van der Waals surface area contributed by atoms with Crippen molar-refractivity contribution in [1.82, 2.24) is 0 Å². The van der Waals surface area contributed by atoms with Crippen molar-refractivity contribution in [2.75, 3.05) is 27.4 Å². The number of hydrogen-bond acceptors (Lipinski definition) is 7. The molecule has 0 aromatic heterocycles. The van der Waals surface area contributed by atoms with Gasteiger partial charge in [0.25, 0.3) is 0 Å². The molecule has 0 spiro atoms. The van der Waals surface area contributed by atoms with Gasteiger partial charge in [-0.1, -0.05) is 12.1 Å². The average Bonchev–Trinajstić information content (AvgIpc) is 3.07. The number of methoxy groups -OCH3 is 2. The quantitative estimate of drug-likeness (QED) is 0.612. The minimum atomic E-state index is -0.494. The summed E-state index contributed by atoms with van der Waals surface area (Å²) in [6.07, 6.45) is -0.988. The predicted molar refractivity (Wildman–Crippen MR) is 97.0 cm³/mol. The molecule has 0 saturated carbocycles. The second-order valence-corrected chi connectivity index (χ2v) is 6.53. The van der Waals surface area contributed by atoms with Crippen LogP contribution in [0.4, 0.5) is 0 Å². The van der Waals surface area contributed by atoms with E-state index < -0.39 is 12.2 Å². The molecule has 146 valence electrons. The molecule has 1 aliphatic rings. The first-order chi connectivity index (χ1) is 13.0. The van der Waals surface area contributed by atoms with E-state index in [1.54, 1.807) is 24.3 Å². The third-order valence-corrected chi connectivity index (χ3v) is 5.11. The zero-order valence-electron chi connectivity index (χ0n) is 15.2. The standard InChI is InChI=1S/C20H24O7/c1-25-17-7-11(3-5-15(17)23)19-13(9-21)14(10-22)20(27-19)12-4-6-16(24)18(8-12)26-2/h3-8,13-14,19-24H,9-10H2,1-2H3/t13-,14+,19-,20+. The molecule has 0 bridgehead atoms. The lowest BCUT2D eigenvalue weighted by atomic mass is 9.83. The minimum absolute atomic E-state index is 0.0123. The van der Waals surface area contributed by atoms with Crippen molar-refractivity contribution >= 4 is 0 Å². The topological polar surface area (TPSA) is 109 Å². The summed E-state index contributed by atoms with van der Waals surface area (Å²) in [4.78, 5) is 0. The van der Waals surface area contributed by atoms with Crippen molar-refractivity contribution in [2.45, 2.75) is 12.2 Å². The summed E-state index contributed by atoms with van der Waals surface area (Å²) < 4.78 is 16.5. The maximum Gasteiger partial charge on any atom is 0.160 e. The Morgan fingerprint density at radius 1 is 0.778 bits per heavy atom. The molecular weight excluding hydrogens is 352 g/mol. The highest BCUT2D eigenvalue weighted by atomic mass is 16.5. The van der Waals surface area contributed by atoms with Gasteiger partial charge in [-0.05, 0) is 35.4 Å². The number of ether oxygens (including phenoxy) is 3. The molecule has 1 heterocycles. The van der Waals surface area contributed by atoms with Gasteiger partial charge in [0.2, 0.25) is 0 Å². The maximum atomic E-state index is 9.95. The monoisotopic (exact) mass is 376 g/mol. The second-order valence-electron chi connectivity index (χ2n) is 6.53. The van der Waals surface area contributed by atoms with E-state index in [9.17, 15) is 20.4 Å². The fraction of sp³-hybridized carbons (Fsp3) is 0.400. The van der Waals surface area contributed by atoms with Crippen LogP contribution in [0.3, 0.4) is 0 Å². The molecule has 3 rings (SSSR count). The summed E-state index contributed by atoms with van der Waals surface area (Å²) in [5.74, 6) is -0.0640. The van der Waals surface area contributed by atoms with Crippen LogP contribution in [0.2, 0.25) is 0 Å². The molecule has 1 aliphatic heterocycles. The number of rotatable bonds is 6. The number of benzene rings is 2. The highest BCUT2D eigenvalue weighted by molar-refractivity contribution is 5.44. The zero-order chi connectivity index (χ0) is 19.6. The van der Waals surface area contributed by atoms with Gasteiger partial charge in [0.1, 0.15) is 0 Å². The first kappa shape index (κ1) is 19.3. The molecule has 0 amide bonds. The summed E-state index contributed by atoms with van der Waals surface area (Å²) in [7, 11) is 2.92. The smallest absolute Gasteiger partial charge is 0.160 e. The Balaban J connectivity index is 1.98. The Kier molecular flexibility index (Phi) is 5.74. The Morgan fingerprint density at radius 3 is 1.52 bits per heavy atom. The molecule has 4 atom stereocenters. The van der Waals surface area contributed by atoms with Gasteiger partial charge in [0.05, 0.1) is 26.4 Å². The molecule has 0 aliphatic carbocycles. The lowest BCUT2D eigenvalue weighted by Gasteiger charge is -2.21. The molecular formula is C20H24O7. The lowest BCUT2D eigenvalue weighted by molar-refractivity contribution is 0.0183. The average molecular weight is 376 g/mol. The van der Waals surface area contributed by atoms with Gasteiger partial charge in [-0.2, -0.15) is 0 Å². The predicted octanol–water partition coefficient (Wildman–Crippen LogP) is 2.14. The van der Waals surface area contributed by atoms with E-state index >= 15 is 0 Å². The van der Waals surface area contributed by atoms with Crippen LogP contribution in [0.15, 0.2) is 36.4 Å². The highest BCUT2D eigenvalue weighted by Gasteiger charge is 2.45. The summed E-state index contributed by atoms with van der Waals surface area (Å²) >= 11 is 0. The second kappa shape index (κ2) is 8.04. The third-order valence-electron chi connectivity index (χ3n) is 5.11. The van der Waals surface area contributed by atoms with Crippen LogP contribution in [-0.2, 0) is 4.74 Å². The highest BCUT2D eigenvalue weighted by Crippen LogP contribution is 2.50. The summed E-state index contributed by atoms with van der Waals surface area (Å²) in [6, 6.07) is 9.76. The number of aliphatic hydroxyl groups excluding tert-OH is 2. The number of phenolic OH excluding ortho intramolecular Hbond substituents is 2. The normalized spacial score (nSPS) is 24.7. The summed E-state index contributed by atoms with van der Waals surface area (Å²) in [6.45, 7) is -0.352. The Labute approximate surface area is 157 Å². The fourth-order valence-electron chi connectivity index (χ4n) is 3.66. The van der Waals surface area contributed by atoms with Crippen molar-refractivity contribution in [3.05, 3.63) is 47.5 Å². The molecule has 7 nitrogen and oxygen atoms in total. The number of aliphatic hydroxyl groups is 2. The van der Waals surface area contributed by atoms with Gasteiger partial charge >= 0.3 is 0 Å². The van der Waals surface area contributed by atoms with Crippen LogP contribution in [-0.4, -0.2) is 47.9 Å². The SMILES string of the molecule is COc1cc([C@H]2O[C@@H](c3ccc(O)c(OC)c3)[C@@H](CO)[C@H]2CO)ccc1O. The van der Waals surface area contributed by atoms with Gasteiger partial charge in [-0.15, -0.1) is 0 Å². The molecule has 27 heavy (non-hydrogen) atoms.